The number of imide groups is 1. The number of halogens is 3. The first-order valence-corrected chi connectivity index (χ1v) is 13.3. The van der Waals surface area contributed by atoms with Gasteiger partial charge in [0.1, 0.15) is 0 Å². The lowest BCUT2D eigenvalue weighted by atomic mass is 10.1. The van der Waals surface area contributed by atoms with Gasteiger partial charge in [0.15, 0.2) is 0 Å². The van der Waals surface area contributed by atoms with Gasteiger partial charge in [0.05, 0.1) is 17.0 Å². The largest absolute Gasteiger partial charge is 0.342 e. The van der Waals surface area contributed by atoms with E-state index in [2.05, 4.69) is 17.6 Å². The number of hydrogen-bond acceptors (Lipinski definition) is 3. The highest BCUT2D eigenvalue weighted by atomic mass is 35.5. The van der Waals surface area contributed by atoms with Crippen LogP contribution in [0.25, 0.3) is 17.0 Å². The third kappa shape index (κ3) is 4.94. The summed E-state index contributed by atoms with van der Waals surface area (Å²) < 4.78 is 2.15. The molecule has 0 spiro atoms. The summed E-state index contributed by atoms with van der Waals surface area (Å²) in [5.41, 5.74) is 4.93. The lowest BCUT2D eigenvalue weighted by Crippen LogP contribution is -2.27. The normalized spacial score (nSPS) is 15.0. The molecule has 0 aliphatic carbocycles. The molecule has 8 heteroatoms. The van der Waals surface area contributed by atoms with Gasteiger partial charge in [-0.05, 0) is 65.2 Å². The number of thioether (sulfide) groups is 1. The SMILES string of the molecule is CCc1cccc2c(/C=C3\SC(=O)N(Cc4ccc(Cl)cc4)C3=O)cn(Cc3ccc(Cl)cc3Cl)c12. The number of rotatable bonds is 6. The van der Waals surface area contributed by atoms with E-state index in [1.165, 1.54) is 10.5 Å². The van der Waals surface area contributed by atoms with Crippen LogP contribution in [0.5, 0.6) is 0 Å². The minimum Gasteiger partial charge on any atom is -0.342 e. The molecule has 0 bridgehead atoms. The second-order valence-electron chi connectivity index (χ2n) is 8.51. The van der Waals surface area contributed by atoms with Gasteiger partial charge in [-0.15, -0.1) is 0 Å². The maximum Gasteiger partial charge on any atom is 0.293 e. The molecule has 2 amide bonds. The molecule has 0 unspecified atom stereocenters. The number of fused-ring (bicyclic) bond motifs is 1. The van der Waals surface area contributed by atoms with Crippen molar-refractivity contribution in [2.45, 2.75) is 26.4 Å². The zero-order chi connectivity index (χ0) is 25.4. The highest BCUT2D eigenvalue weighted by molar-refractivity contribution is 8.18. The number of hydrogen-bond donors (Lipinski definition) is 0. The van der Waals surface area contributed by atoms with E-state index in [1.807, 2.05) is 48.7 Å². The van der Waals surface area contributed by atoms with Crippen LogP contribution in [0.4, 0.5) is 4.79 Å². The van der Waals surface area contributed by atoms with Crippen molar-refractivity contribution < 1.29 is 9.59 Å². The fourth-order valence-corrected chi connectivity index (χ4v) is 5.80. The molecule has 1 aliphatic heterocycles. The molecule has 0 radical (unpaired) electrons. The van der Waals surface area contributed by atoms with Gasteiger partial charge >= 0.3 is 0 Å². The number of benzene rings is 3. The molecule has 0 atom stereocenters. The Morgan fingerprint density at radius 3 is 2.36 bits per heavy atom. The van der Waals surface area contributed by atoms with Crippen LogP contribution in [0.15, 0.2) is 71.8 Å². The summed E-state index contributed by atoms with van der Waals surface area (Å²) in [4.78, 5) is 27.6. The molecule has 182 valence electrons. The van der Waals surface area contributed by atoms with Crippen molar-refractivity contribution in [3.8, 4) is 0 Å². The van der Waals surface area contributed by atoms with Crippen LogP contribution >= 0.6 is 46.6 Å². The minimum absolute atomic E-state index is 0.204. The first-order chi connectivity index (χ1) is 17.3. The molecular weight excluding hydrogens is 535 g/mol. The van der Waals surface area contributed by atoms with Gasteiger partial charge in [-0.25, -0.2) is 0 Å². The molecule has 1 saturated heterocycles. The standard InChI is InChI=1S/C28H21Cl3N2O2S/c1-2-18-4-3-5-23-20(16-32(26(18)23)15-19-8-11-22(30)13-24(19)31)12-25-27(34)33(28(35)36-25)14-17-6-9-21(29)10-7-17/h3-13,16H,2,14-15H2,1H3/b25-12-. The second kappa shape index (κ2) is 10.3. The Hall–Kier alpha value is -2.70. The first-order valence-electron chi connectivity index (χ1n) is 11.4. The van der Waals surface area contributed by atoms with E-state index >= 15 is 0 Å². The number of para-hydroxylation sites is 1. The Bertz CT molecular complexity index is 1530. The van der Waals surface area contributed by atoms with Gasteiger partial charge in [-0.3, -0.25) is 14.5 Å². The van der Waals surface area contributed by atoms with Crippen LogP contribution < -0.4 is 0 Å². The summed E-state index contributed by atoms with van der Waals surface area (Å²) in [6.07, 6.45) is 4.68. The molecule has 1 fully saturated rings. The monoisotopic (exact) mass is 554 g/mol. The smallest absolute Gasteiger partial charge is 0.293 e. The van der Waals surface area contributed by atoms with E-state index in [1.54, 1.807) is 18.2 Å². The summed E-state index contributed by atoms with van der Waals surface area (Å²) in [5.74, 6) is -0.298. The van der Waals surface area contributed by atoms with E-state index < -0.39 is 0 Å². The molecule has 1 aliphatic rings. The fourth-order valence-electron chi connectivity index (χ4n) is 4.37. The van der Waals surface area contributed by atoms with Gasteiger partial charge in [0.25, 0.3) is 11.1 Å². The highest BCUT2D eigenvalue weighted by Crippen LogP contribution is 2.36. The molecule has 2 heterocycles. The molecule has 5 rings (SSSR count). The summed E-state index contributed by atoms with van der Waals surface area (Å²) >= 11 is 19.5. The summed E-state index contributed by atoms with van der Waals surface area (Å²) in [5, 5.41) is 2.53. The van der Waals surface area contributed by atoms with Crippen LogP contribution in [-0.2, 0) is 24.3 Å². The fraction of sp³-hybridized carbons (Fsp3) is 0.143. The van der Waals surface area contributed by atoms with Crippen LogP contribution in [-0.4, -0.2) is 20.6 Å². The molecule has 0 saturated carbocycles. The Morgan fingerprint density at radius 1 is 0.889 bits per heavy atom. The lowest BCUT2D eigenvalue weighted by molar-refractivity contribution is -0.123. The number of aromatic nitrogens is 1. The molecule has 0 N–H and O–H groups in total. The van der Waals surface area contributed by atoms with Crippen LogP contribution in [0.3, 0.4) is 0 Å². The zero-order valence-electron chi connectivity index (χ0n) is 19.3. The average molecular weight is 556 g/mol. The number of carbonyl (C=O) groups is 2. The van der Waals surface area contributed by atoms with Crippen molar-refractivity contribution in [1.82, 2.24) is 9.47 Å². The van der Waals surface area contributed by atoms with Gasteiger partial charge < -0.3 is 4.57 Å². The van der Waals surface area contributed by atoms with Crippen LogP contribution in [0.1, 0.15) is 29.2 Å². The molecule has 1 aromatic heterocycles. The van der Waals surface area contributed by atoms with Crippen LogP contribution in [0.2, 0.25) is 15.1 Å². The third-order valence-corrected chi connectivity index (χ3v) is 7.91. The van der Waals surface area contributed by atoms with Crippen molar-refractivity contribution in [2.24, 2.45) is 0 Å². The Labute approximate surface area is 228 Å². The van der Waals surface area contributed by atoms with E-state index in [9.17, 15) is 9.59 Å². The van der Waals surface area contributed by atoms with E-state index in [0.717, 1.165) is 45.8 Å². The number of nitrogens with zero attached hydrogens (tertiary/aromatic N) is 2. The first kappa shape index (κ1) is 25.0. The lowest BCUT2D eigenvalue weighted by Gasteiger charge is -2.12. The third-order valence-electron chi connectivity index (χ3n) is 6.16. The van der Waals surface area contributed by atoms with Gasteiger partial charge in [-0.1, -0.05) is 78.1 Å². The summed E-state index contributed by atoms with van der Waals surface area (Å²) in [6, 6.07) is 18.8. The summed E-state index contributed by atoms with van der Waals surface area (Å²) in [7, 11) is 0. The van der Waals surface area contributed by atoms with Gasteiger partial charge in [0, 0.05) is 38.8 Å². The zero-order valence-corrected chi connectivity index (χ0v) is 22.4. The van der Waals surface area contributed by atoms with Crippen molar-refractivity contribution in [3.05, 3.63) is 109 Å². The molecule has 36 heavy (non-hydrogen) atoms. The maximum atomic E-state index is 13.2. The van der Waals surface area contributed by atoms with Crippen molar-refractivity contribution in [2.75, 3.05) is 0 Å². The minimum atomic E-state index is -0.298. The van der Waals surface area contributed by atoms with Gasteiger partial charge in [0.2, 0.25) is 0 Å². The van der Waals surface area contributed by atoms with Crippen molar-refractivity contribution in [1.29, 1.82) is 0 Å². The molecule has 4 nitrogen and oxygen atoms in total. The maximum absolute atomic E-state index is 13.2. The Kier molecular flexibility index (Phi) is 7.18. The van der Waals surface area contributed by atoms with Crippen molar-refractivity contribution in [3.63, 3.8) is 0 Å². The van der Waals surface area contributed by atoms with Crippen LogP contribution in [0, 0.1) is 0 Å². The van der Waals surface area contributed by atoms with E-state index in [-0.39, 0.29) is 17.7 Å². The quantitative estimate of drug-likeness (QED) is 0.224. The molecule has 4 aromatic rings. The van der Waals surface area contributed by atoms with E-state index in [4.69, 9.17) is 34.8 Å². The summed E-state index contributed by atoms with van der Waals surface area (Å²) in [6.45, 7) is 2.87. The number of aryl methyl sites for hydroxylation is 1. The highest BCUT2D eigenvalue weighted by Gasteiger charge is 2.35. The topological polar surface area (TPSA) is 42.3 Å². The van der Waals surface area contributed by atoms with Gasteiger partial charge in [-0.2, -0.15) is 0 Å². The predicted octanol–water partition coefficient (Wildman–Crippen LogP) is 8.45. The van der Waals surface area contributed by atoms with E-state index in [0.29, 0.717) is 26.5 Å². The average Bonchev–Trinajstić information content (AvgIpc) is 3.34. The Morgan fingerprint density at radius 2 is 1.64 bits per heavy atom. The number of amides is 2. The Balaban J connectivity index is 1.51. The predicted molar refractivity (Wildman–Crippen MR) is 150 cm³/mol. The molecule has 3 aromatic carbocycles. The van der Waals surface area contributed by atoms with Crippen molar-refractivity contribution >= 4 is 74.7 Å². The molecular formula is C28H21Cl3N2O2S. The second-order valence-corrected chi connectivity index (χ2v) is 10.8. The number of carbonyl (C=O) groups excluding carboxylic acids is 2.